The van der Waals surface area contributed by atoms with Crippen molar-refractivity contribution in [3.05, 3.63) is 72.1 Å². The summed E-state index contributed by atoms with van der Waals surface area (Å²) in [6, 6.07) is 15.9. The van der Waals surface area contributed by atoms with Crippen LogP contribution in [0.5, 0.6) is 0 Å². The first-order valence-electron chi connectivity index (χ1n) is 20.8. The van der Waals surface area contributed by atoms with E-state index in [2.05, 4.69) is 82.2 Å². The zero-order valence-electron chi connectivity index (χ0n) is 35.4. The van der Waals surface area contributed by atoms with Gasteiger partial charge in [0.15, 0.2) is 0 Å². The Morgan fingerprint density at radius 3 is 1.81 bits per heavy atom. The number of nitrogens with one attached hydrogen (secondary N) is 4. The number of carbonyl (C=O) groups excluding carboxylic acids is 4. The number of ether oxygens (including phenoxy) is 2. The number of hydrogen-bond donors (Lipinski definition) is 4. The fourth-order valence-corrected chi connectivity index (χ4v) is 11.5. The average molecular weight is 823 g/mol. The minimum Gasteiger partial charge on any atom is -0.453 e. The number of hydrogen-bond acceptors (Lipinski definition) is 8. The van der Waals surface area contributed by atoms with Gasteiger partial charge in [-0.05, 0) is 54.7 Å². The molecule has 4 N–H and O–H groups in total. The summed E-state index contributed by atoms with van der Waals surface area (Å²) in [5, 5.41) is 5.48. The third-order valence-corrected chi connectivity index (χ3v) is 14.6. The number of carbonyl (C=O) groups is 4. The summed E-state index contributed by atoms with van der Waals surface area (Å²) in [4.78, 5) is 72.8. The SMILES string of the molecule is COC(=O)N[C@H](C(=O)N1C[Si](C)(C)C[C@H]1c1nc(-c2ccc(-c3ccc(-c4nc([C@@H]5CCCN5C(=O)[C@@H](NC(=O)OC)C(C)C)[nH]c4C4CC4)cc3)cc2)c[nH]1)C(C)C. The van der Waals surface area contributed by atoms with Crippen molar-refractivity contribution in [2.24, 2.45) is 11.8 Å². The maximum absolute atomic E-state index is 13.9. The van der Waals surface area contributed by atoms with Crippen molar-refractivity contribution in [1.29, 1.82) is 0 Å². The Kier molecular flexibility index (Phi) is 12.0. The minimum atomic E-state index is -1.75. The van der Waals surface area contributed by atoms with Crippen LogP contribution in [0.4, 0.5) is 9.59 Å². The van der Waals surface area contributed by atoms with E-state index in [1.165, 1.54) is 14.2 Å². The number of methoxy groups -OCH3 is 2. The molecule has 0 unspecified atom stereocenters. The van der Waals surface area contributed by atoms with E-state index in [9.17, 15) is 19.2 Å². The molecule has 15 heteroatoms. The van der Waals surface area contributed by atoms with Crippen molar-refractivity contribution in [2.45, 2.75) is 103 Å². The molecule has 3 fully saturated rings. The van der Waals surface area contributed by atoms with Gasteiger partial charge in [0.2, 0.25) is 11.8 Å². The molecule has 59 heavy (non-hydrogen) atoms. The van der Waals surface area contributed by atoms with E-state index >= 15 is 0 Å². The fraction of sp³-hybridized carbons (Fsp3) is 0.500. The molecule has 314 valence electrons. The summed E-state index contributed by atoms with van der Waals surface area (Å²) in [6.45, 7) is 12.8. The van der Waals surface area contributed by atoms with Gasteiger partial charge in [-0.15, -0.1) is 0 Å². The van der Waals surface area contributed by atoms with Crippen LogP contribution >= 0.6 is 0 Å². The molecule has 7 rings (SSSR count). The topological polar surface area (TPSA) is 175 Å². The van der Waals surface area contributed by atoms with Crippen molar-refractivity contribution in [3.63, 3.8) is 0 Å². The zero-order chi connectivity index (χ0) is 42.2. The largest absolute Gasteiger partial charge is 0.453 e. The molecule has 4 atom stereocenters. The first kappa shape index (κ1) is 41.7. The lowest BCUT2D eigenvalue weighted by Gasteiger charge is -2.30. The van der Waals surface area contributed by atoms with Gasteiger partial charge < -0.3 is 39.9 Å². The van der Waals surface area contributed by atoms with Gasteiger partial charge in [0.25, 0.3) is 0 Å². The maximum Gasteiger partial charge on any atom is 0.407 e. The van der Waals surface area contributed by atoms with Crippen LogP contribution in [0.25, 0.3) is 33.6 Å². The smallest absolute Gasteiger partial charge is 0.407 e. The third kappa shape index (κ3) is 8.94. The second-order valence-corrected chi connectivity index (χ2v) is 22.8. The number of aromatic nitrogens is 4. The van der Waals surface area contributed by atoms with Crippen LogP contribution in [0.3, 0.4) is 0 Å². The first-order chi connectivity index (χ1) is 28.2. The van der Waals surface area contributed by atoms with E-state index < -0.39 is 32.3 Å². The molecule has 2 aromatic carbocycles. The Morgan fingerprint density at radius 2 is 1.27 bits per heavy atom. The lowest BCUT2D eigenvalue weighted by molar-refractivity contribution is -0.136. The summed E-state index contributed by atoms with van der Waals surface area (Å²) in [6.07, 6.45) is 5.22. The molecule has 0 spiro atoms. The Hall–Kier alpha value is -5.44. The number of rotatable bonds is 12. The van der Waals surface area contributed by atoms with Gasteiger partial charge in [-0.25, -0.2) is 19.6 Å². The Labute approximate surface area is 347 Å². The summed E-state index contributed by atoms with van der Waals surface area (Å²) in [5.74, 6) is 1.52. The molecule has 4 amide bonds. The van der Waals surface area contributed by atoms with E-state index in [0.29, 0.717) is 18.6 Å². The van der Waals surface area contributed by atoms with Crippen molar-refractivity contribution in [1.82, 2.24) is 40.4 Å². The van der Waals surface area contributed by atoms with Crippen LogP contribution in [0.1, 0.15) is 88.7 Å². The van der Waals surface area contributed by atoms with Crippen LogP contribution in [0.15, 0.2) is 54.7 Å². The van der Waals surface area contributed by atoms with Gasteiger partial charge >= 0.3 is 12.2 Å². The molecule has 1 aliphatic carbocycles. The highest BCUT2D eigenvalue weighted by molar-refractivity contribution is 6.78. The van der Waals surface area contributed by atoms with Crippen LogP contribution in [0, 0.1) is 11.8 Å². The maximum atomic E-state index is 13.9. The Bertz CT molecular complexity index is 2160. The van der Waals surface area contributed by atoms with Crippen molar-refractivity contribution >= 4 is 32.1 Å². The fourth-order valence-electron chi connectivity index (χ4n) is 8.58. The summed E-state index contributed by atoms with van der Waals surface area (Å²) in [7, 11) is 0.858. The first-order valence-corrected chi connectivity index (χ1v) is 24.3. The van der Waals surface area contributed by atoms with Gasteiger partial charge in [-0.3, -0.25) is 9.59 Å². The molecule has 1 saturated carbocycles. The molecule has 0 bridgehead atoms. The van der Waals surface area contributed by atoms with E-state index in [1.807, 2.05) is 43.7 Å². The monoisotopic (exact) mass is 822 g/mol. The van der Waals surface area contributed by atoms with Crippen molar-refractivity contribution in [2.75, 3.05) is 26.9 Å². The zero-order valence-corrected chi connectivity index (χ0v) is 36.4. The molecule has 4 heterocycles. The highest BCUT2D eigenvalue weighted by atomic mass is 28.3. The number of benzene rings is 2. The van der Waals surface area contributed by atoms with Crippen LogP contribution in [-0.2, 0) is 19.1 Å². The molecule has 0 radical (unpaired) electrons. The molecular formula is C44H58N8O6Si. The molecule has 3 aliphatic rings. The molecule has 4 aromatic rings. The lowest BCUT2D eigenvalue weighted by Crippen LogP contribution is -2.52. The number of nitrogens with zero attached hydrogens (tertiary/aromatic N) is 4. The normalized spacial score (nSPS) is 19.8. The molecule has 14 nitrogen and oxygen atoms in total. The standard InChI is InChI=1S/C44H58N8O6Si/c1-25(2)35(49-43(55)57-5)41(53)51-21-9-10-33(51)40-47-37(38(48-40)31-19-20-31)30-17-13-28(14-18-30)27-11-15-29(16-12-27)32-22-45-39(46-32)34-23-59(7,8)24-52(34)42(54)36(26(3)4)50-44(56)58-6/h11-18,22,25-26,31,33-36H,9-10,19-21,23-24H2,1-8H3,(H,45,46)(H,47,48)(H,49,55)(H,50,56)/t33-,34-,35-,36-/m0/s1. The van der Waals surface area contributed by atoms with E-state index in [-0.39, 0.29) is 35.7 Å². The van der Waals surface area contributed by atoms with E-state index in [4.69, 9.17) is 19.4 Å². The summed E-state index contributed by atoms with van der Waals surface area (Å²) in [5.41, 5.74) is 6.98. The quantitative estimate of drug-likeness (QED) is 0.106. The van der Waals surface area contributed by atoms with Gasteiger partial charge in [0, 0.05) is 41.6 Å². The highest BCUT2D eigenvalue weighted by Gasteiger charge is 2.46. The molecule has 2 aromatic heterocycles. The van der Waals surface area contributed by atoms with E-state index in [1.54, 1.807) is 0 Å². The average Bonchev–Trinajstić information content (AvgIpc) is 3.56. The van der Waals surface area contributed by atoms with Crippen molar-refractivity contribution < 1.29 is 28.7 Å². The summed E-state index contributed by atoms with van der Waals surface area (Å²) >= 11 is 0. The van der Waals surface area contributed by atoms with Gasteiger partial charge in [-0.2, -0.15) is 0 Å². The van der Waals surface area contributed by atoms with Crippen molar-refractivity contribution in [3.8, 4) is 33.6 Å². The number of H-pyrrole nitrogens is 2. The number of alkyl carbamates (subject to hydrolysis) is 2. The Morgan fingerprint density at radius 1 is 0.729 bits per heavy atom. The van der Waals surface area contributed by atoms with Crippen LogP contribution in [-0.4, -0.2) is 101 Å². The predicted octanol–water partition coefficient (Wildman–Crippen LogP) is 7.57. The molecular weight excluding hydrogens is 765 g/mol. The highest BCUT2D eigenvalue weighted by Crippen LogP contribution is 2.45. The number of aromatic amines is 2. The van der Waals surface area contributed by atoms with E-state index in [0.717, 1.165) is 82.7 Å². The predicted molar refractivity (Wildman–Crippen MR) is 228 cm³/mol. The second kappa shape index (κ2) is 17.0. The molecule has 2 aliphatic heterocycles. The van der Waals surface area contributed by atoms with Gasteiger partial charge in [0.1, 0.15) is 23.7 Å². The Balaban J connectivity index is 1.06. The van der Waals surface area contributed by atoms with Crippen LogP contribution in [0.2, 0.25) is 19.1 Å². The minimum absolute atomic E-state index is 0.103. The third-order valence-electron chi connectivity index (χ3n) is 12.0. The second-order valence-electron chi connectivity index (χ2n) is 17.7. The number of imidazole rings is 2. The van der Waals surface area contributed by atoms with Gasteiger partial charge in [-0.1, -0.05) is 89.3 Å². The number of amides is 4. The number of likely N-dealkylation sites (tertiary alicyclic amines) is 1. The van der Waals surface area contributed by atoms with Gasteiger partial charge in [0.05, 0.1) is 45.8 Å². The summed E-state index contributed by atoms with van der Waals surface area (Å²) < 4.78 is 9.62. The van der Waals surface area contributed by atoms with Crippen LogP contribution < -0.4 is 10.6 Å². The lowest BCUT2D eigenvalue weighted by atomic mass is 10.00. The molecule has 2 saturated heterocycles.